The highest BCUT2D eigenvalue weighted by Crippen LogP contribution is 2.12. The molecule has 1 aliphatic carbocycles. The van der Waals surface area contributed by atoms with Gasteiger partial charge in [-0.15, -0.1) is 0 Å². The number of allylic oxidation sites excluding steroid dienone is 3. The van der Waals surface area contributed by atoms with E-state index in [1.807, 2.05) is 0 Å². The van der Waals surface area contributed by atoms with Crippen LogP contribution < -0.4 is 5.32 Å². The molecule has 0 aromatic heterocycles. The molecule has 0 aliphatic heterocycles. The van der Waals surface area contributed by atoms with Crippen molar-refractivity contribution in [2.75, 3.05) is 6.54 Å². The lowest BCUT2D eigenvalue weighted by molar-refractivity contribution is -0.120. The third-order valence-electron chi connectivity index (χ3n) is 2.29. The lowest BCUT2D eigenvalue weighted by Gasteiger charge is -2.07. The Kier molecular flexibility index (Phi) is 5.05. The van der Waals surface area contributed by atoms with Crippen LogP contribution in [-0.4, -0.2) is 12.5 Å². The number of nitrogens with one attached hydrogen (secondary N) is 1. The number of hydrogen-bond donors (Lipinski definition) is 1. The van der Waals surface area contributed by atoms with Crippen molar-refractivity contribution >= 4 is 5.91 Å². The topological polar surface area (TPSA) is 29.1 Å². The summed E-state index contributed by atoms with van der Waals surface area (Å²) >= 11 is 0. The van der Waals surface area contributed by atoms with Crippen LogP contribution in [0.1, 0.15) is 39.0 Å². The summed E-state index contributed by atoms with van der Waals surface area (Å²) in [7, 11) is 0. The monoisotopic (exact) mass is 193 g/mol. The molecular formula is C12H19NO. The minimum Gasteiger partial charge on any atom is -0.356 e. The molecule has 2 nitrogen and oxygen atoms in total. The van der Waals surface area contributed by atoms with Gasteiger partial charge < -0.3 is 5.32 Å². The maximum absolute atomic E-state index is 11.4. The van der Waals surface area contributed by atoms with Gasteiger partial charge in [-0.2, -0.15) is 0 Å². The first-order valence-electron chi connectivity index (χ1n) is 5.45. The first kappa shape index (κ1) is 11.0. The number of amides is 1. The molecule has 0 unspecified atom stereocenters. The van der Waals surface area contributed by atoms with Crippen molar-refractivity contribution in [3.63, 3.8) is 0 Å². The van der Waals surface area contributed by atoms with E-state index in [0.717, 1.165) is 37.8 Å². The maximum Gasteiger partial charge on any atom is 0.224 e. The molecule has 78 valence electrons. The number of rotatable bonds is 5. The third-order valence-corrected chi connectivity index (χ3v) is 2.29. The minimum atomic E-state index is 0.149. The zero-order chi connectivity index (χ0) is 10.2. The van der Waals surface area contributed by atoms with Crippen LogP contribution in [0.4, 0.5) is 0 Å². The van der Waals surface area contributed by atoms with Gasteiger partial charge in [0.05, 0.1) is 6.42 Å². The fraction of sp³-hybridized carbons (Fsp3) is 0.583. The zero-order valence-corrected chi connectivity index (χ0v) is 8.88. The molecule has 2 heteroatoms. The molecule has 14 heavy (non-hydrogen) atoms. The quantitative estimate of drug-likeness (QED) is 0.668. The summed E-state index contributed by atoms with van der Waals surface area (Å²) in [5.74, 6) is 0.149. The summed E-state index contributed by atoms with van der Waals surface area (Å²) < 4.78 is 0. The van der Waals surface area contributed by atoms with E-state index in [-0.39, 0.29) is 5.91 Å². The molecule has 0 saturated heterocycles. The predicted octanol–water partition coefficient (Wildman–Crippen LogP) is 2.57. The summed E-state index contributed by atoms with van der Waals surface area (Å²) in [5, 5.41) is 2.92. The number of hydrogen-bond acceptors (Lipinski definition) is 1. The first-order chi connectivity index (χ1) is 6.83. The summed E-state index contributed by atoms with van der Waals surface area (Å²) in [4.78, 5) is 11.4. The normalized spacial score (nSPS) is 15.1. The van der Waals surface area contributed by atoms with Crippen molar-refractivity contribution in [2.24, 2.45) is 0 Å². The Morgan fingerprint density at radius 1 is 1.50 bits per heavy atom. The van der Waals surface area contributed by atoms with Crippen LogP contribution in [0.3, 0.4) is 0 Å². The Morgan fingerprint density at radius 3 is 3.00 bits per heavy atom. The van der Waals surface area contributed by atoms with Gasteiger partial charge in [0.2, 0.25) is 5.91 Å². The molecule has 1 aliphatic rings. The highest BCUT2D eigenvalue weighted by Gasteiger charge is 2.04. The molecule has 0 aromatic rings. The van der Waals surface area contributed by atoms with Gasteiger partial charge in [-0.25, -0.2) is 0 Å². The molecule has 0 fully saturated rings. The molecule has 0 atom stereocenters. The van der Waals surface area contributed by atoms with Gasteiger partial charge in [0.15, 0.2) is 0 Å². The maximum atomic E-state index is 11.4. The molecule has 0 heterocycles. The summed E-state index contributed by atoms with van der Waals surface area (Å²) in [5.41, 5.74) is 1.16. The Hall–Kier alpha value is -1.05. The molecule has 0 aromatic carbocycles. The van der Waals surface area contributed by atoms with E-state index < -0.39 is 0 Å². The number of unbranched alkanes of at least 4 members (excludes halogenated alkanes) is 1. The van der Waals surface area contributed by atoms with Gasteiger partial charge in [0.25, 0.3) is 0 Å². The van der Waals surface area contributed by atoms with Gasteiger partial charge in [0.1, 0.15) is 0 Å². The van der Waals surface area contributed by atoms with Crippen molar-refractivity contribution < 1.29 is 4.79 Å². The van der Waals surface area contributed by atoms with E-state index in [2.05, 4.69) is 30.5 Å². The van der Waals surface area contributed by atoms with E-state index in [1.165, 1.54) is 0 Å². The van der Waals surface area contributed by atoms with Gasteiger partial charge in [-0.3, -0.25) is 4.79 Å². The molecule has 1 N–H and O–H groups in total. The SMILES string of the molecule is CCCCNC(=O)CC1=CCCC=C1. The number of carbonyl (C=O) groups is 1. The molecule has 0 bridgehead atoms. The third kappa shape index (κ3) is 4.26. The molecule has 1 amide bonds. The molecule has 0 saturated carbocycles. The van der Waals surface area contributed by atoms with Gasteiger partial charge in [-0.05, 0) is 24.8 Å². The Balaban J connectivity index is 2.19. The fourth-order valence-corrected chi connectivity index (χ4v) is 1.45. The zero-order valence-electron chi connectivity index (χ0n) is 8.88. The lowest BCUT2D eigenvalue weighted by atomic mass is 10.0. The Morgan fingerprint density at radius 2 is 2.36 bits per heavy atom. The van der Waals surface area contributed by atoms with Crippen LogP contribution in [-0.2, 0) is 4.79 Å². The van der Waals surface area contributed by atoms with Crippen molar-refractivity contribution in [1.82, 2.24) is 5.32 Å². The summed E-state index contributed by atoms with van der Waals surface area (Å²) in [6, 6.07) is 0. The number of carbonyl (C=O) groups excluding carboxylic acids is 1. The molecular weight excluding hydrogens is 174 g/mol. The van der Waals surface area contributed by atoms with Crippen LogP contribution >= 0.6 is 0 Å². The second-order valence-electron chi connectivity index (χ2n) is 3.64. The van der Waals surface area contributed by atoms with Crippen LogP contribution in [0.25, 0.3) is 0 Å². The first-order valence-corrected chi connectivity index (χ1v) is 5.45. The van der Waals surface area contributed by atoms with Crippen molar-refractivity contribution in [2.45, 2.75) is 39.0 Å². The van der Waals surface area contributed by atoms with Crippen LogP contribution in [0.5, 0.6) is 0 Å². The average Bonchev–Trinajstić information content (AvgIpc) is 2.20. The second kappa shape index (κ2) is 6.41. The van der Waals surface area contributed by atoms with E-state index >= 15 is 0 Å². The largest absolute Gasteiger partial charge is 0.356 e. The Labute approximate surface area is 86.1 Å². The molecule has 0 radical (unpaired) electrons. The summed E-state index contributed by atoms with van der Waals surface area (Å²) in [6.07, 6.45) is 11.3. The minimum absolute atomic E-state index is 0.149. The highest BCUT2D eigenvalue weighted by molar-refractivity contribution is 5.79. The standard InChI is InChI=1S/C12H19NO/c1-2-3-9-13-12(14)10-11-7-5-4-6-8-11/h5,7-8H,2-4,6,9-10H2,1H3,(H,13,14). The van der Waals surface area contributed by atoms with E-state index in [0.29, 0.717) is 6.42 Å². The van der Waals surface area contributed by atoms with Crippen molar-refractivity contribution in [3.05, 3.63) is 23.8 Å². The average molecular weight is 193 g/mol. The fourth-order valence-electron chi connectivity index (χ4n) is 1.45. The van der Waals surface area contributed by atoms with Crippen LogP contribution in [0.15, 0.2) is 23.8 Å². The van der Waals surface area contributed by atoms with Gasteiger partial charge in [-0.1, -0.05) is 31.6 Å². The molecule has 0 spiro atoms. The van der Waals surface area contributed by atoms with E-state index in [4.69, 9.17) is 0 Å². The Bertz CT molecular complexity index is 241. The molecule has 1 rings (SSSR count). The summed E-state index contributed by atoms with van der Waals surface area (Å²) in [6.45, 7) is 2.94. The van der Waals surface area contributed by atoms with Gasteiger partial charge >= 0.3 is 0 Å². The van der Waals surface area contributed by atoms with E-state index in [9.17, 15) is 4.79 Å². The van der Waals surface area contributed by atoms with Crippen LogP contribution in [0, 0.1) is 0 Å². The van der Waals surface area contributed by atoms with Crippen molar-refractivity contribution in [1.29, 1.82) is 0 Å². The van der Waals surface area contributed by atoms with Crippen LogP contribution in [0.2, 0.25) is 0 Å². The van der Waals surface area contributed by atoms with Crippen molar-refractivity contribution in [3.8, 4) is 0 Å². The lowest BCUT2D eigenvalue weighted by Crippen LogP contribution is -2.24. The highest BCUT2D eigenvalue weighted by atomic mass is 16.1. The smallest absolute Gasteiger partial charge is 0.224 e. The van der Waals surface area contributed by atoms with E-state index in [1.54, 1.807) is 0 Å². The second-order valence-corrected chi connectivity index (χ2v) is 3.64. The predicted molar refractivity (Wildman–Crippen MR) is 59.0 cm³/mol. The van der Waals surface area contributed by atoms with Gasteiger partial charge in [0, 0.05) is 6.54 Å².